The molecular weight excluding hydrogens is 624 g/mol. The van der Waals surface area contributed by atoms with Crippen LogP contribution in [0.2, 0.25) is 0 Å². The first kappa shape index (κ1) is 32.5. The van der Waals surface area contributed by atoms with Gasteiger partial charge in [-0.2, -0.15) is 0 Å². The second-order valence-electron chi connectivity index (χ2n) is 14.4. The van der Waals surface area contributed by atoms with Gasteiger partial charge in [-0.1, -0.05) is 45.9 Å². The first-order valence-electron chi connectivity index (χ1n) is 18.8. The maximum absolute atomic E-state index is 13.2. The molecule has 5 heterocycles. The molecule has 2 N–H and O–H groups in total. The summed E-state index contributed by atoms with van der Waals surface area (Å²) in [5, 5.41) is 2.16. The number of carbonyl (C=O) groups is 2. The summed E-state index contributed by atoms with van der Waals surface area (Å²) >= 11 is 0. The molecule has 3 aromatic carbocycles. The van der Waals surface area contributed by atoms with Crippen molar-refractivity contribution in [2.24, 2.45) is 0 Å². The standard InChI is InChI=1S/C41H48N6O3/c1-5-9-37(48)46-27(7-3)13-17-34(46)40-42-22-33(44-40)25-11-15-29-26(19-25)23-50-36-21-30-24(20-31(29)36)12-16-32-39(30)45-41(43-32)35-18-14-28(8-4)47(35)38(49)10-6-2/h11-12,15-16,19-22,27-28,34-35H,5-10,13-14,17-18,23H2,1-4H3,(H,42,44)(H,43,45)/t27-,28-,34-,35-/m0/s1. The van der Waals surface area contributed by atoms with Crippen molar-refractivity contribution in [3.63, 3.8) is 0 Å². The molecule has 260 valence electrons. The highest BCUT2D eigenvalue weighted by Gasteiger charge is 2.39. The number of amides is 2. The number of nitrogens with zero attached hydrogens (tertiary/aromatic N) is 4. The number of benzene rings is 3. The third-order valence-electron chi connectivity index (χ3n) is 11.4. The van der Waals surface area contributed by atoms with Crippen molar-refractivity contribution in [3.8, 4) is 28.1 Å². The zero-order chi connectivity index (χ0) is 34.5. The molecule has 8 rings (SSSR count). The fourth-order valence-corrected chi connectivity index (χ4v) is 8.83. The number of rotatable bonds is 9. The van der Waals surface area contributed by atoms with Crippen LogP contribution in [0.4, 0.5) is 0 Å². The number of aromatic amines is 2. The fraction of sp³-hybridized carbons (Fsp3) is 0.463. The number of nitrogens with one attached hydrogen (secondary N) is 2. The van der Waals surface area contributed by atoms with Crippen LogP contribution in [0, 0.1) is 0 Å². The molecule has 0 unspecified atom stereocenters. The van der Waals surface area contributed by atoms with Gasteiger partial charge in [0.25, 0.3) is 0 Å². The van der Waals surface area contributed by atoms with Crippen LogP contribution in [-0.2, 0) is 16.2 Å². The lowest BCUT2D eigenvalue weighted by Gasteiger charge is -2.29. The Morgan fingerprint density at radius 2 is 1.50 bits per heavy atom. The van der Waals surface area contributed by atoms with Crippen LogP contribution >= 0.6 is 0 Å². The van der Waals surface area contributed by atoms with Crippen molar-refractivity contribution < 1.29 is 14.3 Å². The van der Waals surface area contributed by atoms with Gasteiger partial charge in [-0.15, -0.1) is 0 Å². The lowest BCUT2D eigenvalue weighted by atomic mass is 9.92. The summed E-state index contributed by atoms with van der Waals surface area (Å²) in [6.45, 7) is 8.94. The summed E-state index contributed by atoms with van der Waals surface area (Å²) in [7, 11) is 0. The average Bonchev–Trinajstić information content (AvgIpc) is 3.95. The summed E-state index contributed by atoms with van der Waals surface area (Å²) in [5.74, 6) is 3.07. The van der Waals surface area contributed by atoms with Gasteiger partial charge in [-0.25, -0.2) is 9.97 Å². The first-order chi connectivity index (χ1) is 24.4. The van der Waals surface area contributed by atoms with Crippen molar-refractivity contribution in [2.45, 2.75) is 123 Å². The number of aromatic nitrogens is 4. The summed E-state index contributed by atoms with van der Waals surface area (Å²) in [6, 6.07) is 15.7. The number of carbonyl (C=O) groups excluding carboxylic acids is 2. The number of hydrogen-bond donors (Lipinski definition) is 2. The summed E-state index contributed by atoms with van der Waals surface area (Å²) < 4.78 is 6.42. The second kappa shape index (κ2) is 13.2. The van der Waals surface area contributed by atoms with Crippen LogP contribution in [0.25, 0.3) is 44.2 Å². The predicted molar refractivity (Wildman–Crippen MR) is 197 cm³/mol. The molecule has 9 nitrogen and oxygen atoms in total. The number of likely N-dealkylation sites (tertiary alicyclic amines) is 2. The maximum atomic E-state index is 13.2. The van der Waals surface area contributed by atoms with Gasteiger partial charge >= 0.3 is 0 Å². The largest absolute Gasteiger partial charge is 0.488 e. The molecule has 0 radical (unpaired) electrons. The van der Waals surface area contributed by atoms with Crippen LogP contribution in [-0.4, -0.2) is 53.6 Å². The number of H-pyrrole nitrogens is 2. The highest BCUT2D eigenvalue weighted by molar-refractivity contribution is 6.07. The molecule has 0 bridgehead atoms. The number of ether oxygens (including phenoxy) is 1. The highest BCUT2D eigenvalue weighted by Crippen LogP contribution is 2.44. The minimum atomic E-state index is -0.0174. The third kappa shape index (κ3) is 5.46. The van der Waals surface area contributed by atoms with Crippen molar-refractivity contribution in [3.05, 3.63) is 65.9 Å². The summed E-state index contributed by atoms with van der Waals surface area (Å²) in [6.07, 6.45) is 10.6. The molecule has 2 fully saturated rings. The molecule has 4 atom stereocenters. The van der Waals surface area contributed by atoms with E-state index in [2.05, 4.69) is 89.9 Å². The lowest BCUT2D eigenvalue weighted by molar-refractivity contribution is -0.135. The van der Waals surface area contributed by atoms with Crippen LogP contribution in [0.5, 0.6) is 5.75 Å². The van der Waals surface area contributed by atoms with E-state index in [1.807, 2.05) is 6.20 Å². The van der Waals surface area contributed by atoms with E-state index in [-0.39, 0.29) is 36.0 Å². The molecule has 2 aromatic heterocycles. The molecule has 3 aliphatic heterocycles. The Labute approximate surface area is 293 Å². The van der Waals surface area contributed by atoms with Crippen LogP contribution < -0.4 is 4.74 Å². The topological polar surface area (TPSA) is 107 Å². The minimum Gasteiger partial charge on any atom is -0.488 e. The zero-order valence-corrected chi connectivity index (χ0v) is 29.7. The highest BCUT2D eigenvalue weighted by atomic mass is 16.5. The lowest BCUT2D eigenvalue weighted by Crippen LogP contribution is -2.37. The summed E-state index contributed by atoms with van der Waals surface area (Å²) in [5.41, 5.74) is 7.28. The summed E-state index contributed by atoms with van der Waals surface area (Å²) in [4.78, 5) is 47.5. The molecule has 2 saturated heterocycles. The Kier molecular flexibility index (Phi) is 8.61. The van der Waals surface area contributed by atoms with Gasteiger partial charge in [-0.05, 0) is 97.7 Å². The van der Waals surface area contributed by atoms with Crippen molar-refractivity contribution in [2.75, 3.05) is 0 Å². The maximum Gasteiger partial charge on any atom is 0.223 e. The van der Waals surface area contributed by atoms with E-state index in [1.165, 1.54) is 5.56 Å². The van der Waals surface area contributed by atoms with E-state index in [0.29, 0.717) is 19.4 Å². The Balaban J connectivity index is 1.08. The van der Waals surface area contributed by atoms with Crippen molar-refractivity contribution >= 4 is 33.6 Å². The van der Waals surface area contributed by atoms with Gasteiger partial charge < -0.3 is 24.5 Å². The second-order valence-corrected chi connectivity index (χ2v) is 14.4. The Bertz CT molecular complexity index is 2080. The zero-order valence-electron chi connectivity index (χ0n) is 29.7. The fourth-order valence-electron chi connectivity index (χ4n) is 8.83. The van der Waals surface area contributed by atoms with E-state index < -0.39 is 0 Å². The monoisotopic (exact) mass is 672 g/mol. The molecule has 0 spiro atoms. The molecule has 0 aliphatic carbocycles. The number of hydrogen-bond acceptors (Lipinski definition) is 5. The van der Waals surface area contributed by atoms with Gasteiger partial charge in [0.2, 0.25) is 11.8 Å². The first-order valence-corrected chi connectivity index (χ1v) is 18.8. The number of fused-ring (bicyclic) bond motifs is 6. The van der Waals surface area contributed by atoms with Crippen LogP contribution in [0.1, 0.15) is 121 Å². The molecule has 0 saturated carbocycles. The van der Waals surface area contributed by atoms with Crippen LogP contribution in [0.15, 0.2) is 48.7 Å². The molecule has 5 aromatic rings. The number of imidazole rings is 2. The van der Waals surface area contributed by atoms with Gasteiger partial charge in [0.1, 0.15) is 24.0 Å². The van der Waals surface area contributed by atoms with E-state index in [9.17, 15) is 9.59 Å². The van der Waals surface area contributed by atoms with E-state index in [1.54, 1.807) is 0 Å². The third-order valence-corrected chi connectivity index (χ3v) is 11.4. The normalized spacial score (nSPS) is 21.5. The molecule has 2 amide bonds. The van der Waals surface area contributed by atoms with E-state index in [0.717, 1.165) is 113 Å². The minimum absolute atomic E-state index is 0.000150. The van der Waals surface area contributed by atoms with Gasteiger partial charge in [0.15, 0.2) is 0 Å². The molecule has 3 aliphatic rings. The Hall–Kier alpha value is -4.66. The van der Waals surface area contributed by atoms with Gasteiger partial charge in [0.05, 0.1) is 35.0 Å². The predicted octanol–water partition coefficient (Wildman–Crippen LogP) is 9.15. The quantitative estimate of drug-likeness (QED) is 0.162. The van der Waals surface area contributed by atoms with Crippen LogP contribution in [0.3, 0.4) is 0 Å². The average molecular weight is 673 g/mol. The smallest absolute Gasteiger partial charge is 0.223 e. The Morgan fingerprint density at radius 1 is 0.800 bits per heavy atom. The van der Waals surface area contributed by atoms with E-state index in [4.69, 9.17) is 14.7 Å². The van der Waals surface area contributed by atoms with Gasteiger partial charge in [-0.3, -0.25) is 9.59 Å². The molecule has 9 heteroatoms. The molecule has 50 heavy (non-hydrogen) atoms. The van der Waals surface area contributed by atoms with Crippen molar-refractivity contribution in [1.82, 2.24) is 29.7 Å². The Morgan fingerprint density at radius 3 is 2.18 bits per heavy atom. The van der Waals surface area contributed by atoms with E-state index >= 15 is 0 Å². The van der Waals surface area contributed by atoms with Gasteiger partial charge in [0, 0.05) is 35.9 Å². The molecular formula is C41H48N6O3. The van der Waals surface area contributed by atoms with Crippen molar-refractivity contribution in [1.29, 1.82) is 0 Å². The SMILES string of the molecule is CCCC(=O)N1[C@@H](CC)CC[C@H]1c1ncc(-c2ccc3c(c2)COc2cc4c(ccc5[nH]c([C@@H]6CC[C@H](CC)N6C(=O)CCC)nc54)cc2-3)[nH]1.